The molecule has 1 unspecified atom stereocenters. The summed E-state index contributed by atoms with van der Waals surface area (Å²) in [5, 5.41) is 0. The van der Waals surface area contributed by atoms with Crippen LogP contribution in [0.2, 0.25) is 0 Å². The van der Waals surface area contributed by atoms with E-state index < -0.39 is 0 Å². The fourth-order valence-electron chi connectivity index (χ4n) is 2.48. The van der Waals surface area contributed by atoms with Gasteiger partial charge in [-0.1, -0.05) is 37.3 Å². The number of nitrogens with zero attached hydrogens (tertiary/aromatic N) is 1. The Morgan fingerprint density at radius 3 is 2.78 bits per heavy atom. The van der Waals surface area contributed by atoms with Gasteiger partial charge in [-0.15, -0.1) is 0 Å². The second-order valence-corrected chi connectivity index (χ2v) is 5.88. The molecule has 1 fully saturated rings. The van der Waals surface area contributed by atoms with Crippen molar-refractivity contribution in [3.63, 3.8) is 0 Å². The number of Topliss-reactive ketones (excluding diaryl/α,β-unsaturated/α-hetero) is 1. The van der Waals surface area contributed by atoms with Crippen molar-refractivity contribution >= 4 is 17.5 Å². The van der Waals surface area contributed by atoms with Crippen LogP contribution >= 0.6 is 11.8 Å². The van der Waals surface area contributed by atoms with Crippen molar-refractivity contribution in [2.24, 2.45) is 0 Å². The molecule has 0 bridgehead atoms. The van der Waals surface area contributed by atoms with Crippen molar-refractivity contribution in [1.82, 2.24) is 4.90 Å². The monoisotopic (exact) mass is 263 g/mol. The molecule has 2 nitrogen and oxygen atoms in total. The molecule has 0 aliphatic carbocycles. The Balaban J connectivity index is 2.10. The second-order valence-electron chi connectivity index (χ2n) is 4.66. The molecule has 1 heterocycles. The minimum atomic E-state index is 0.0612. The highest BCUT2D eigenvalue weighted by atomic mass is 32.2. The van der Waals surface area contributed by atoms with Gasteiger partial charge in [0.25, 0.3) is 0 Å². The number of hydrogen-bond acceptors (Lipinski definition) is 3. The molecular formula is C15H21NOS. The molecule has 1 aromatic carbocycles. The number of carbonyl (C=O) groups is 1. The van der Waals surface area contributed by atoms with Gasteiger partial charge in [-0.25, -0.2) is 0 Å². The van der Waals surface area contributed by atoms with Gasteiger partial charge in [0.05, 0.1) is 6.04 Å². The minimum Gasteiger partial charge on any atom is -0.292 e. The van der Waals surface area contributed by atoms with Crippen molar-refractivity contribution in [2.75, 3.05) is 24.6 Å². The molecule has 0 aromatic heterocycles. The fraction of sp³-hybridized carbons (Fsp3) is 0.533. The molecular weight excluding hydrogens is 242 g/mol. The molecule has 98 valence electrons. The van der Waals surface area contributed by atoms with E-state index in [0.717, 1.165) is 30.8 Å². The maximum atomic E-state index is 12.5. The Hall–Kier alpha value is -0.800. The second kappa shape index (κ2) is 6.95. The van der Waals surface area contributed by atoms with Crippen LogP contribution in [0, 0.1) is 0 Å². The van der Waals surface area contributed by atoms with Crippen LogP contribution in [-0.4, -0.2) is 41.3 Å². The molecule has 0 radical (unpaired) electrons. The van der Waals surface area contributed by atoms with Gasteiger partial charge in [0.15, 0.2) is 5.78 Å². The first-order chi connectivity index (χ1) is 8.83. The van der Waals surface area contributed by atoms with Crippen LogP contribution in [0.15, 0.2) is 30.3 Å². The van der Waals surface area contributed by atoms with Gasteiger partial charge < -0.3 is 0 Å². The fourth-order valence-corrected chi connectivity index (χ4v) is 3.38. The molecule has 3 heteroatoms. The Morgan fingerprint density at radius 1 is 1.28 bits per heavy atom. The highest BCUT2D eigenvalue weighted by Crippen LogP contribution is 2.17. The molecule has 1 aliphatic rings. The summed E-state index contributed by atoms with van der Waals surface area (Å²) < 4.78 is 0. The average Bonchev–Trinajstić information content (AvgIpc) is 2.70. The standard InChI is InChI=1S/C15H21NOS/c1-2-14(16-9-6-11-18-12-10-16)15(17)13-7-4-3-5-8-13/h3-5,7-8,14H,2,6,9-12H2,1H3. The zero-order chi connectivity index (χ0) is 12.8. The summed E-state index contributed by atoms with van der Waals surface area (Å²) in [5.74, 6) is 2.66. The van der Waals surface area contributed by atoms with E-state index in [1.54, 1.807) is 0 Å². The first-order valence-corrected chi connectivity index (χ1v) is 7.89. The van der Waals surface area contributed by atoms with E-state index >= 15 is 0 Å². The van der Waals surface area contributed by atoms with Crippen molar-refractivity contribution < 1.29 is 4.79 Å². The highest BCUT2D eigenvalue weighted by Gasteiger charge is 2.25. The topological polar surface area (TPSA) is 20.3 Å². The van der Waals surface area contributed by atoms with Gasteiger partial charge in [0.1, 0.15) is 0 Å². The number of benzene rings is 1. The van der Waals surface area contributed by atoms with Crippen LogP contribution < -0.4 is 0 Å². The van der Waals surface area contributed by atoms with Crippen molar-refractivity contribution in [3.05, 3.63) is 35.9 Å². The molecule has 0 amide bonds. The highest BCUT2D eigenvalue weighted by molar-refractivity contribution is 7.99. The predicted octanol–water partition coefficient (Wildman–Crippen LogP) is 3.09. The van der Waals surface area contributed by atoms with Crippen LogP contribution in [-0.2, 0) is 0 Å². The van der Waals surface area contributed by atoms with Crippen molar-refractivity contribution in [1.29, 1.82) is 0 Å². The largest absolute Gasteiger partial charge is 0.292 e. The van der Waals surface area contributed by atoms with E-state index in [2.05, 4.69) is 11.8 Å². The lowest BCUT2D eigenvalue weighted by Gasteiger charge is -2.28. The van der Waals surface area contributed by atoms with Gasteiger partial charge in [-0.2, -0.15) is 11.8 Å². The smallest absolute Gasteiger partial charge is 0.179 e. The Kier molecular flexibility index (Phi) is 5.26. The molecule has 1 aliphatic heterocycles. The lowest BCUT2D eigenvalue weighted by Crippen LogP contribution is -2.42. The molecule has 0 N–H and O–H groups in total. The quantitative estimate of drug-likeness (QED) is 0.779. The van der Waals surface area contributed by atoms with Crippen LogP contribution in [0.5, 0.6) is 0 Å². The third kappa shape index (κ3) is 3.36. The maximum absolute atomic E-state index is 12.5. The molecule has 0 saturated carbocycles. The average molecular weight is 263 g/mol. The van der Waals surface area contributed by atoms with Gasteiger partial charge in [0.2, 0.25) is 0 Å². The van der Waals surface area contributed by atoms with E-state index in [0.29, 0.717) is 0 Å². The predicted molar refractivity (Wildman–Crippen MR) is 78.4 cm³/mol. The molecule has 1 atom stereocenters. The third-order valence-electron chi connectivity index (χ3n) is 3.45. The normalized spacial score (nSPS) is 19.2. The summed E-state index contributed by atoms with van der Waals surface area (Å²) in [6.07, 6.45) is 2.10. The van der Waals surface area contributed by atoms with E-state index in [1.165, 1.54) is 12.2 Å². The van der Waals surface area contributed by atoms with Gasteiger partial charge in [-0.3, -0.25) is 9.69 Å². The molecule has 1 saturated heterocycles. The number of rotatable bonds is 4. The lowest BCUT2D eigenvalue weighted by molar-refractivity contribution is 0.0822. The van der Waals surface area contributed by atoms with Crippen LogP contribution in [0.3, 0.4) is 0 Å². The number of ketones is 1. The van der Waals surface area contributed by atoms with Crippen molar-refractivity contribution in [3.8, 4) is 0 Å². The van der Waals surface area contributed by atoms with Gasteiger partial charge >= 0.3 is 0 Å². The molecule has 18 heavy (non-hydrogen) atoms. The van der Waals surface area contributed by atoms with E-state index in [1.807, 2.05) is 42.1 Å². The van der Waals surface area contributed by atoms with Crippen molar-refractivity contribution in [2.45, 2.75) is 25.8 Å². The maximum Gasteiger partial charge on any atom is 0.179 e. The molecule has 1 aromatic rings. The lowest BCUT2D eigenvalue weighted by atomic mass is 10.0. The zero-order valence-corrected chi connectivity index (χ0v) is 11.8. The summed E-state index contributed by atoms with van der Waals surface area (Å²) in [7, 11) is 0. The Bertz CT molecular complexity index is 371. The summed E-state index contributed by atoms with van der Waals surface area (Å²) >= 11 is 2.00. The molecule has 0 spiro atoms. The van der Waals surface area contributed by atoms with E-state index in [4.69, 9.17) is 0 Å². The zero-order valence-electron chi connectivity index (χ0n) is 11.0. The van der Waals surface area contributed by atoms with E-state index in [-0.39, 0.29) is 11.8 Å². The van der Waals surface area contributed by atoms with Gasteiger partial charge in [-0.05, 0) is 25.1 Å². The first-order valence-electron chi connectivity index (χ1n) is 6.74. The van der Waals surface area contributed by atoms with Crippen LogP contribution in [0.4, 0.5) is 0 Å². The van der Waals surface area contributed by atoms with Crippen LogP contribution in [0.1, 0.15) is 30.1 Å². The molecule has 2 rings (SSSR count). The summed E-state index contributed by atoms with van der Waals surface area (Å²) in [6, 6.07) is 9.76. The third-order valence-corrected chi connectivity index (χ3v) is 4.49. The summed E-state index contributed by atoms with van der Waals surface area (Å²) in [5.41, 5.74) is 0.848. The van der Waals surface area contributed by atoms with Gasteiger partial charge in [0, 0.05) is 17.9 Å². The first kappa shape index (κ1) is 13.6. The summed E-state index contributed by atoms with van der Waals surface area (Å²) in [4.78, 5) is 14.9. The number of hydrogen-bond donors (Lipinski definition) is 0. The van der Waals surface area contributed by atoms with E-state index in [9.17, 15) is 4.79 Å². The number of thioether (sulfide) groups is 1. The number of carbonyl (C=O) groups excluding carboxylic acids is 1. The summed E-state index contributed by atoms with van der Waals surface area (Å²) in [6.45, 7) is 4.22. The SMILES string of the molecule is CCC(C(=O)c1ccccc1)N1CCCSCC1. The minimum absolute atomic E-state index is 0.0612. The Morgan fingerprint density at radius 2 is 2.06 bits per heavy atom. The van der Waals surface area contributed by atoms with Crippen LogP contribution in [0.25, 0.3) is 0 Å². The Labute approximate surface area is 114 Å².